The molecule has 2 aromatic carbocycles. The number of hydrogen-bond donors (Lipinski definition) is 2. The van der Waals surface area contributed by atoms with Gasteiger partial charge in [0.25, 0.3) is 5.56 Å². The number of pyridine rings is 1. The number of aromatic amines is 1. The minimum absolute atomic E-state index is 0.0171. The third-order valence-corrected chi connectivity index (χ3v) is 5.86. The molecule has 3 aromatic rings. The van der Waals surface area contributed by atoms with Crippen molar-refractivity contribution in [1.29, 1.82) is 0 Å². The minimum atomic E-state index is -3.79. The molecule has 142 valence electrons. The van der Waals surface area contributed by atoms with Crippen molar-refractivity contribution in [2.75, 3.05) is 13.7 Å². The molecular formula is C19H19FN2O4S. The number of ether oxygens (including phenoxy) is 1. The topological polar surface area (TPSA) is 88.3 Å². The molecule has 0 aliphatic heterocycles. The van der Waals surface area contributed by atoms with Crippen molar-refractivity contribution < 1.29 is 17.5 Å². The zero-order chi connectivity index (χ0) is 19.6. The first-order valence-electron chi connectivity index (χ1n) is 8.26. The lowest BCUT2D eigenvalue weighted by Crippen LogP contribution is -2.28. The molecule has 0 amide bonds. The van der Waals surface area contributed by atoms with Crippen molar-refractivity contribution >= 4 is 20.9 Å². The lowest BCUT2D eigenvalue weighted by Gasteiger charge is -2.10. The number of methoxy groups -OCH3 is 1. The predicted octanol–water partition coefficient (Wildman–Crippen LogP) is 2.51. The highest BCUT2D eigenvalue weighted by atomic mass is 32.2. The molecule has 27 heavy (non-hydrogen) atoms. The molecule has 0 atom stereocenters. The van der Waals surface area contributed by atoms with Gasteiger partial charge in [-0.05, 0) is 60.7 Å². The number of H-pyrrole nitrogens is 1. The smallest absolute Gasteiger partial charge is 0.251 e. The van der Waals surface area contributed by atoms with Crippen molar-refractivity contribution in [2.45, 2.75) is 18.2 Å². The third-order valence-electron chi connectivity index (χ3n) is 4.24. The van der Waals surface area contributed by atoms with Gasteiger partial charge in [0.1, 0.15) is 11.6 Å². The highest BCUT2D eigenvalue weighted by molar-refractivity contribution is 7.89. The molecule has 1 heterocycles. The van der Waals surface area contributed by atoms with Gasteiger partial charge < -0.3 is 9.72 Å². The Bertz CT molecular complexity index is 1160. The highest BCUT2D eigenvalue weighted by Crippen LogP contribution is 2.19. The SMILES string of the molecule is COc1ccc2cc(CCNS(=O)(=O)c3ccc(F)cc3C)c(=O)[nH]c2c1. The number of rotatable bonds is 6. The molecule has 0 bridgehead atoms. The number of hydrogen-bond acceptors (Lipinski definition) is 4. The largest absolute Gasteiger partial charge is 0.497 e. The summed E-state index contributed by atoms with van der Waals surface area (Å²) >= 11 is 0. The van der Waals surface area contributed by atoms with E-state index in [9.17, 15) is 17.6 Å². The van der Waals surface area contributed by atoms with Crippen LogP contribution in [0.15, 0.2) is 52.2 Å². The monoisotopic (exact) mass is 390 g/mol. The molecule has 0 spiro atoms. The molecule has 0 unspecified atom stereocenters. The van der Waals surface area contributed by atoms with Gasteiger partial charge in [0.2, 0.25) is 10.0 Å². The van der Waals surface area contributed by atoms with E-state index in [2.05, 4.69) is 9.71 Å². The van der Waals surface area contributed by atoms with Crippen molar-refractivity contribution in [3.05, 3.63) is 69.8 Å². The molecule has 2 N–H and O–H groups in total. The molecule has 1 aromatic heterocycles. The van der Waals surface area contributed by atoms with Crippen molar-refractivity contribution in [3.63, 3.8) is 0 Å². The van der Waals surface area contributed by atoms with Gasteiger partial charge in [-0.25, -0.2) is 17.5 Å². The van der Waals surface area contributed by atoms with Crippen LogP contribution in [-0.4, -0.2) is 27.1 Å². The number of aryl methyl sites for hydroxylation is 1. The van der Waals surface area contributed by atoms with Gasteiger partial charge in [-0.15, -0.1) is 0 Å². The van der Waals surface area contributed by atoms with Crippen LogP contribution in [0.1, 0.15) is 11.1 Å². The summed E-state index contributed by atoms with van der Waals surface area (Å²) in [5.74, 6) is 0.138. The van der Waals surface area contributed by atoms with Gasteiger partial charge >= 0.3 is 0 Å². The fourth-order valence-corrected chi connectivity index (χ4v) is 4.11. The lowest BCUT2D eigenvalue weighted by molar-refractivity contribution is 0.415. The van der Waals surface area contributed by atoms with E-state index in [1.54, 1.807) is 25.3 Å². The Morgan fingerprint density at radius 2 is 1.93 bits per heavy atom. The number of halogens is 1. The maximum absolute atomic E-state index is 13.2. The average molecular weight is 390 g/mol. The van der Waals surface area contributed by atoms with Crippen LogP contribution in [-0.2, 0) is 16.4 Å². The zero-order valence-corrected chi connectivity index (χ0v) is 15.7. The van der Waals surface area contributed by atoms with Gasteiger partial charge in [0.15, 0.2) is 0 Å². The number of sulfonamides is 1. The summed E-state index contributed by atoms with van der Waals surface area (Å²) < 4.78 is 45.5. The van der Waals surface area contributed by atoms with Gasteiger partial charge in [-0.3, -0.25) is 4.79 Å². The second kappa shape index (κ2) is 7.50. The Hall–Kier alpha value is -2.71. The molecule has 0 fully saturated rings. The Labute approximate surface area is 156 Å². The van der Waals surface area contributed by atoms with Gasteiger partial charge in [-0.1, -0.05) is 0 Å². The maximum atomic E-state index is 13.2. The molecule has 0 aliphatic rings. The molecule has 0 aliphatic carbocycles. The quantitative estimate of drug-likeness (QED) is 0.677. The number of nitrogens with one attached hydrogen (secondary N) is 2. The molecule has 0 radical (unpaired) electrons. The van der Waals surface area contributed by atoms with E-state index in [4.69, 9.17) is 4.74 Å². The van der Waals surface area contributed by atoms with E-state index in [0.717, 1.165) is 17.5 Å². The summed E-state index contributed by atoms with van der Waals surface area (Å²) in [5, 5.41) is 0.822. The number of aromatic nitrogens is 1. The summed E-state index contributed by atoms with van der Waals surface area (Å²) in [6.07, 6.45) is 0.219. The van der Waals surface area contributed by atoms with Crippen LogP contribution in [0.25, 0.3) is 10.9 Å². The van der Waals surface area contributed by atoms with Gasteiger partial charge in [0.05, 0.1) is 17.5 Å². The summed E-state index contributed by atoms with van der Waals surface area (Å²) in [4.78, 5) is 15.0. The fraction of sp³-hybridized carbons (Fsp3) is 0.211. The normalized spacial score (nSPS) is 11.7. The van der Waals surface area contributed by atoms with Crippen LogP contribution in [0.4, 0.5) is 4.39 Å². The summed E-state index contributed by atoms with van der Waals surface area (Å²) in [7, 11) is -2.24. The molecule has 3 rings (SSSR count). The molecule has 0 saturated heterocycles. The van der Waals surface area contributed by atoms with Gasteiger partial charge in [0, 0.05) is 18.2 Å². The second-order valence-electron chi connectivity index (χ2n) is 6.13. The Morgan fingerprint density at radius 3 is 2.63 bits per heavy atom. The van der Waals surface area contributed by atoms with Crippen LogP contribution in [0.5, 0.6) is 5.75 Å². The molecule has 8 heteroatoms. The number of fused-ring (bicyclic) bond motifs is 1. The Kier molecular flexibility index (Phi) is 5.29. The first-order chi connectivity index (χ1) is 12.8. The van der Waals surface area contributed by atoms with Crippen LogP contribution in [0.2, 0.25) is 0 Å². The van der Waals surface area contributed by atoms with Crippen LogP contribution in [0, 0.1) is 12.7 Å². The van der Waals surface area contributed by atoms with Crippen molar-refractivity contribution in [1.82, 2.24) is 9.71 Å². The van der Waals surface area contributed by atoms with E-state index in [0.29, 0.717) is 22.4 Å². The van der Waals surface area contributed by atoms with Crippen molar-refractivity contribution in [2.24, 2.45) is 0 Å². The van der Waals surface area contributed by atoms with E-state index in [1.807, 2.05) is 6.07 Å². The van der Waals surface area contributed by atoms with E-state index >= 15 is 0 Å². The summed E-state index contributed by atoms with van der Waals surface area (Å²) in [6, 6.07) is 10.5. The predicted molar refractivity (Wildman–Crippen MR) is 101 cm³/mol. The van der Waals surface area contributed by atoms with E-state index in [1.165, 1.54) is 13.0 Å². The average Bonchev–Trinajstić information content (AvgIpc) is 2.61. The first kappa shape index (κ1) is 19.1. The summed E-state index contributed by atoms with van der Waals surface area (Å²) in [5.41, 5.74) is 1.14. The van der Waals surface area contributed by atoms with Crippen LogP contribution >= 0.6 is 0 Å². The first-order valence-corrected chi connectivity index (χ1v) is 9.74. The molecule has 0 saturated carbocycles. The Balaban J connectivity index is 1.76. The maximum Gasteiger partial charge on any atom is 0.251 e. The fourth-order valence-electron chi connectivity index (χ4n) is 2.85. The van der Waals surface area contributed by atoms with E-state index < -0.39 is 15.8 Å². The second-order valence-corrected chi connectivity index (χ2v) is 7.87. The van der Waals surface area contributed by atoms with Crippen LogP contribution in [0.3, 0.4) is 0 Å². The van der Waals surface area contributed by atoms with Gasteiger partial charge in [-0.2, -0.15) is 0 Å². The molecular weight excluding hydrogens is 371 g/mol. The minimum Gasteiger partial charge on any atom is -0.497 e. The van der Waals surface area contributed by atoms with E-state index in [-0.39, 0.29) is 23.4 Å². The third kappa shape index (κ3) is 4.17. The molecule has 6 nitrogen and oxygen atoms in total. The standard InChI is InChI=1S/C19H19FN2O4S/c1-12-9-15(20)4-6-18(12)27(24,25)21-8-7-14-10-13-3-5-16(26-2)11-17(13)22-19(14)23/h3-6,9-11,21H,7-8H2,1-2H3,(H,22,23). The van der Waals surface area contributed by atoms with Crippen molar-refractivity contribution in [3.8, 4) is 5.75 Å². The highest BCUT2D eigenvalue weighted by Gasteiger charge is 2.17. The summed E-state index contributed by atoms with van der Waals surface area (Å²) in [6.45, 7) is 1.57. The Morgan fingerprint density at radius 1 is 1.15 bits per heavy atom. The lowest BCUT2D eigenvalue weighted by atomic mass is 10.1. The van der Waals surface area contributed by atoms with Crippen LogP contribution < -0.4 is 15.0 Å². The zero-order valence-electron chi connectivity index (χ0n) is 14.9. The number of benzene rings is 2.